The van der Waals surface area contributed by atoms with E-state index < -0.39 is 0 Å². The summed E-state index contributed by atoms with van der Waals surface area (Å²) in [6, 6.07) is 0. The Balaban J connectivity index is 2.37. The number of carbonyl (C=O) groups excluding carboxylic acids is 1. The fourth-order valence-electron chi connectivity index (χ4n) is 2.39. The Hall–Kier alpha value is -0.0900. The van der Waals surface area contributed by atoms with Crippen LogP contribution in [-0.4, -0.2) is 29.5 Å². The zero-order chi connectivity index (χ0) is 13.0. The topological polar surface area (TPSA) is 38.3 Å². The second-order valence-corrected chi connectivity index (χ2v) is 6.31. The van der Waals surface area contributed by atoms with Gasteiger partial charge in [-0.15, -0.1) is 0 Å². The van der Waals surface area contributed by atoms with Gasteiger partial charge in [0.2, 0.25) is 5.91 Å². The molecule has 0 bridgehead atoms. The lowest BCUT2D eigenvalue weighted by molar-refractivity contribution is -0.127. The molecule has 1 fully saturated rings. The van der Waals surface area contributed by atoms with Crippen molar-refractivity contribution in [3.63, 3.8) is 0 Å². The first kappa shape index (κ1) is 15.0. The fourth-order valence-corrected chi connectivity index (χ4v) is 2.62. The molecule has 17 heavy (non-hydrogen) atoms. The average molecular weight is 306 g/mol. The maximum atomic E-state index is 12.1. The summed E-state index contributed by atoms with van der Waals surface area (Å²) in [6.45, 7) is 9.01. The van der Waals surface area contributed by atoms with Crippen molar-refractivity contribution >= 4 is 21.8 Å². The highest BCUT2D eigenvalue weighted by atomic mass is 79.9. The highest BCUT2D eigenvalue weighted by Crippen LogP contribution is 2.32. The number of halogens is 1. The van der Waals surface area contributed by atoms with Gasteiger partial charge in [0.25, 0.3) is 0 Å². The molecule has 0 aromatic heterocycles. The smallest absolute Gasteiger partial charge is 0.226 e. The number of hydrogen-bond acceptors (Lipinski definition) is 2. The van der Waals surface area contributed by atoms with Gasteiger partial charge in [-0.25, -0.2) is 0 Å². The van der Waals surface area contributed by atoms with Crippen LogP contribution < -0.4 is 5.32 Å². The Morgan fingerprint density at radius 2 is 2.00 bits per heavy atom. The maximum Gasteiger partial charge on any atom is 0.226 e. The number of hydrogen-bond donors (Lipinski definition) is 1. The van der Waals surface area contributed by atoms with Gasteiger partial charge in [0.05, 0.1) is 18.1 Å². The van der Waals surface area contributed by atoms with Gasteiger partial charge in [0.15, 0.2) is 0 Å². The van der Waals surface area contributed by atoms with Crippen molar-refractivity contribution < 1.29 is 9.53 Å². The van der Waals surface area contributed by atoms with Gasteiger partial charge in [-0.2, -0.15) is 0 Å². The Morgan fingerprint density at radius 3 is 2.47 bits per heavy atom. The van der Waals surface area contributed by atoms with E-state index in [0.717, 1.165) is 19.4 Å². The van der Waals surface area contributed by atoms with Crippen molar-refractivity contribution in [1.29, 1.82) is 0 Å². The van der Waals surface area contributed by atoms with E-state index in [2.05, 4.69) is 35.1 Å². The lowest BCUT2D eigenvalue weighted by Gasteiger charge is -2.18. The zero-order valence-corrected chi connectivity index (χ0v) is 12.8. The van der Waals surface area contributed by atoms with Gasteiger partial charge in [-0.05, 0) is 32.6 Å². The van der Waals surface area contributed by atoms with Crippen molar-refractivity contribution in [3.05, 3.63) is 0 Å². The normalized spacial score (nSPS) is 34.6. The quantitative estimate of drug-likeness (QED) is 0.793. The number of rotatable bonds is 5. The summed E-state index contributed by atoms with van der Waals surface area (Å²) >= 11 is 3.57. The molecule has 1 heterocycles. The molecule has 100 valence electrons. The Labute approximate surface area is 113 Å². The molecule has 3 nitrogen and oxygen atoms in total. The molecule has 0 saturated carbocycles. The number of nitrogens with one attached hydrogen (secondary N) is 1. The third-order valence-electron chi connectivity index (χ3n) is 3.74. The van der Waals surface area contributed by atoms with Crippen molar-refractivity contribution in [2.75, 3.05) is 6.54 Å². The molecule has 0 spiro atoms. The van der Waals surface area contributed by atoms with Gasteiger partial charge in [-0.1, -0.05) is 29.8 Å². The molecular formula is C13H24BrNO2. The Kier molecular flexibility index (Phi) is 5.93. The van der Waals surface area contributed by atoms with E-state index in [4.69, 9.17) is 4.74 Å². The molecule has 0 aromatic rings. The van der Waals surface area contributed by atoms with E-state index in [-0.39, 0.29) is 24.0 Å². The first-order valence-electron chi connectivity index (χ1n) is 6.54. The molecule has 0 aromatic carbocycles. The van der Waals surface area contributed by atoms with Crippen LogP contribution in [0.25, 0.3) is 0 Å². The van der Waals surface area contributed by atoms with Crippen LogP contribution in [0.3, 0.4) is 0 Å². The fraction of sp³-hybridized carbons (Fsp3) is 0.923. The summed E-state index contributed by atoms with van der Waals surface area (Å²) in [5, 5.41) is 3.02. The van der Waals surface area contributed by atoms with Crippen LogP contribution in [0.2, 0.25) is 0 Å². The van der Waals surface area contributed by atoms with Crippen LogP contribution in [0.15, 0.2) is 0 Å². The van der Waals surface area contributed by atoms with Gasteiger partial charge in [0.1, 0.15) is 0 Å². The number of amides is 1. The molecule has 1 N–H and O–H groups in total. The third kappa shape index (κ3) is 3.95. The first-order valence-corrected chi connectivity index (χ1v) is 7.46. The van der Waals surface area contributed by atoms with Gasteiger partial charge in [0, 0.05) is 11.4 Å². The van der Waals surface area contributed by atoms with E-state index in [1.807, 2.05) is 13.8 Å². The minimum Gasteiger partial charge on any atom is -0.374 e. The van der Waals surface area contributed by atoms with Crippen LogP contribution >= 0.6 is 15.9 Å². The summed E-state index contributed by atoms with van der Waals surface area (Å²) in [4.78, 5) is 12.6. The van der Waals surface area contributed by atoms with Gasteiger partial charge in [-0.3, -0.25) is 4.79 Å². The van der Waals surface area contributed by atoms with Crippen LogP contribution in [0, 0.1) is 11.8 Å². The molecule has 5 atom stereocenters. The standard InChI is InChI=1S/C13H24BrNO2/c1-5-11(14)6-7-15-13(16)12-8(2)9(3)17-10(12)4/h8-12H,5-7H2,1-4H3,(H,15,16). The maximum absolute atomic E-state index is 12.1. The van der Waals surface area contributed by atoms with Gasteiger partial charge >= 0.3 is 0 Å². The van der Waals surface area contributed by atoms with E-state index in [1.165, 1.54) is 0 Å². The predicted molar refractivity (Wildman–Crippen MR) is 73.3 cm³/mol. The van der Waals surface area contributed by atoms with Crippen molar-refractivity contribution in [2.45, 2.75) is 57.6 Å². The molecule has 1 aliphatic heterocycles. The van der Waals surface area contributed by atoms with Crippen molar-refractivity contribution in [1.82, 2.24) is 5.32 Å². The summed E-state index contributed by atoms with van der Waals surface area (Å²) in [7, 11) is 0. The zero-order valence-electron chi connectivity index (χ0n) is 11.2. The average Bonchev–Trinajstić information content (AvgIpc) is 2.52. The van der Waals surface area contributed by atoms with Crippen LogP contribution in [0.4, 0.5) is 0 Å². The minimum atomic E-state index is 0.000372. The van der Waals surface area contributed by atoms with E-state index in [0.29, 0.717) is 10.7 Å². The number of alkyl halides is 1. The van der Waals surface area contributed by atoms with Crippen molar-refractivity contribution in [3.8, 4) is 0 Å². The highest BCUT2D eigenvalue weighted by Gasteiger charge is 2.41. The summed E-state index contributed by atoms with van der Waals surface area (Å²) < 4.78 is 5.69. The second-order valence-electron chi connectivity index (χ2n) is 5.02. The number of ether oxygens (including phenoxy) is 1. The van der Waals surface area contributed by atoms with E-state index >= 15 is 0 Å². The molecule has 4 heteroatoms. The second kappa shape index (κ2) is 6.74. The van der Waals surface area contributed by atoms with Crippen LogP contribution in [0.5, 0.6) is 0 Å². The minimum absolute atomic E-state index is 0.000372. The van der Waals surface area contributed by atoms with E-state index in [9.17, 15) is 4.79 Å². The molecule has 0 aliphatic carbocycles. The van der Waals surface area contributed by atoms with E-state index in [1.54, 1.807) is 0 Å². The molecule has 5 unspecified atom stereocenters. The monoisotopic (exact) mass is 305 g/mol. The molecule has 1 saturated heterocycles. The highest BCUT2D eigenvalue weighted by molar-refractivity contribution is 9.09. The van der Waals surface area contributed by atoms with Crippen LogP contribution in [-0.2, 0) is 9.53 Å². The molecule has 0 radical (unpaired) electrons. The molecule has 1 rings (SSSR count). The third-order valence-corrected chi connectivity index (χ3v) is 4.85. The lowest BCUT2D eigenvalue weighted by Crippen LogP contribution is -2.38. The molecule has 1 amide bonds. The van der Waals surface area contributed by atoms with Crippen LogP contribution in [0.1, 0.15) is 40.5 Å². The van der Waals surface area contributed by atoms with Gasteiger partial charge < -0.3 is 10.1 Å². The number of carbonyl (C=O) groups is 1. The SMILES string of the molecule is CCC(Br)CCNC(=O)C1C(C)OC(C)C1C. The lowest BCUT2D eigenvalue weighted by atomic mass is 9.89. The van der Waals surface area contributed by atoms with Crippen molar-refractivity contribution in [2.24, 2.45) is 11.8 Å². The largest absolute Gasteiger partial charge is 0.374 e. The predicted octanol–water partition coefficient (Wildman–Crippen LogP) is 2.73. The molecule has 1 aliphatic rings. The summed E-state index contributed by atoms with van der Waals surface area (Å²) in [5.41, 5.74) is 0. The molecular weight excluding hydrogens is 282 g/mol. The Morgan fingerprint density at radius 1 is 1.35 bits per heavy atom. The summed E-state index contributed by atoms with van der Waals surface area (Å²) in [5.74, 6) is 0.446. The first-order chi connectivity index (χ1) is 7.97. The summed E-state index contributed by atoms with van der Waals surface area (Å²) in [6.07, 6.45) is 2.28. The Bertz CT molecular complexity index is 260.